The number of carbonyl (C=O) groups is 1. The molecule has 0 saturated heterocycles. The van der Waals surface area contributed by atoms with Gasteiger partial charge in [0.05, 0.1) is 13.1 Å². The summed E-state index contributed by atoms with van der Waals surface area (Å²) in [6.45, 7) is 1.24. The van der Waals surface area contributed by atoms with E-state index in [0.29, 0.717) is 18.7 Å². The van der Waals surface area contributed by atoms with Gasteiger partial charge < -0.3 is 15.5 Å². The lowest BCUT2D eigenvalue weighted by molar-refractivity contribution is 0.0963. The number of hydrogen-bond acceptors (Lipinski definition) is 5. The Morgan fingerprint density at radius 2 is 2.12 bits per heavy atom. The van der Waals surface area contributed by atoms with Crippen molar-refractivity contribution in [2.75, 3.05) is 12.4 Å². The molecule has 1 amide bonds. The van der Waals surface area contributed by atoms with Crippen LogP contribution in [0, 0.1) is 11.5 Å². The van der Waals surface area contributed by atoms with E-state index in [0.717, 1.165) is 33.4 Å². The Bertz CT molecular complexity index is 1050. The Hall–Kier alpha value is -3.59. The molecule has 0 spiro atoms. The second-order valence-corrected chi connectivity index (χ2v) is 6.20. The van der Waals surface area contributed by atoms with Crippen molar-refractivity contribution >= 4 is 28.2 Å². The number of rotatable bonds is 3. The van der Waals surface area contributed by atoms with Crippen molar-refractivity contribution in [2.24, 2.45) is 0 Å². The zero-order valence-electron chi connectivity index (χ0n) is 14.3. The van der Waals surface area contributed by atoms with E-state index >= 15 is 0 Å². The molecule has 0 saturated carbocycles. The summed E-state index contributed by atoms with van der Waals surface area (Å²) in [5.74, 6) is 0.616. The van der Waals surface area contributed by atoms with E-state index in [1.807, 2.05) is 36.4 Å². The van der Waals surface area contributed by atoms with Crippen LogP contribution < -0.4 is 10.6 Å². The molecule has 0 unspecified atom stereocenters. The van der Waals surface area contributed by atoms with Gasteiger partial charge in [-0.3, -0.25) is 4.79 Å². The first kappa shape index (κ1) is 15.9. The zero-order chi connectivity index (χ0) is 18.1. The van der Waals surface area contributed by atoms with Gasteiger partial charge in [0.25, 0.3) is 5.91 Å². The van der Waals surface area contributed by atoms with Gasteiger partial charge in [-0.1, -0.05) is 12.1 Å². The summed E-state index contributed by atoms with van der Waals surface area (Å²) in [5, 5.41) is 17.1. The second kappa shape index (κ2) is 6.37. The molecule has 0 bridgehead atoms. The van der Waals surface area contributed by atoms with Gasteiger partial charge in [-0.2, -0.15) is 5.26 Å². The molecule has 4 rings (SSSR count). The van der Waals surface area contributed by atoms with Crippen molar-refractivity contribution in [3.63, 3.8) is 0 Å². The van der Waals surface area contributed by atoms with Crippen LogP contribution in [0.2, 0.25) is 0 Å². The van der Waals surface area contributed by atoms with Crippen LogP contribution in [0.4, 0.5) is 11.5 Å². The highest BCUT2D eigenvalue weighted by Crippen LogP contribution is 2.32. The standard InChI is InChI=1S/C20H17N5O/c1-22-20(26)14-5-6-16-13(9-14)7-8-23-19(16)24-18-4-2-3-15-10-25(12-21)11-17(15)18/h2-9H,10-11H2,1H3,(H,22,26)(H,23,24). The first-order chi connectivity index (χ1) is 12.7. The van der Waals surface area contributed by atoms with Crippen LogP contribution in [-0.4, -0.2) is 22.8 Å². The zero-order valence-corrected chi connectivity index (χ0v) is 14.3. The number of aromatic nitrogens is 1. The maximum Gasteiger partial charge on any atom is 0.251 e. The van der Waals surface area contributed by atoms with E-state index in [2.05, 4.69) is 21.8 Å². The Labute approximate surface area is 151 Å². The quantitative estimate of drug-likeness (QED) is 0.714. The summed E-state index contributed by atoms with van der Waals surface area (Å²) in [6.07, 6.45) is 3.93. The molecular formula is C20H17N5O. The maximum atomic E-state index is 11.8. The van der Waals surface area contributed by atoms with Crippen LogP contribution in [0.25, 0.3) is 10.8 Å². The number of benzene rings is 2. The second-order valence-electron chi connectivity index (χ2n) is 6.20. The third kappa shape index (κ3) is 2.70. The fourth-order valence-corrected chi connectivity index (χ4v) is 3.30. The number of nitrogens with one attached hydrogen (secondary N) is 2. The SMILES string of the molecule is CNC(=O)c1ccc2c(Nc3cccc4c3CN(C#N)C4)nccc2c1. The fraction of sp³-hybridized carbons (Fsp3) is 0.150. The van der Waals surface area contributed by atoms with Crippen molar-refractivity contribution in [1.82, 2.24) is 15.2 Å². The van der Waals surface area contributed by atoms with Gasteiger partial charge >= 0.3 is 0 Å². The number of fused-ring (bicyclic) bond motifs is 2. The minimum Gasteiger partial charge on any atom is -0.355 e. The number of hydrogen-bond donors (Lipinski definition) is 2. The van der Waals surface area contributed by atoms with E-state index < -0.39 is 0 Å². The van der Waals surface area contributed by atoms with Crippen LogP contribution in [0.3, 0.4) is 0 Å². The molecule has 2 N–H and O–H groups in total. The molecule has 3 aromatic rings. The Morgan fingerprint density at radius 1 is 1.23 bits per heavy atom. The molecule has 2 heterocycles. The minimum atomic E-state index is -0.115. The van der Waals surface area contributed by atoms with E-state index in [4.69, 9.17) is 5.26 Å². The number of nitrogens with zero attached hydrogens (tertiary/aromatic N) is 3. The number of nitriles is 1. The molecule has 2 aromatic carbocycles. The van der Waals surface area contributed by atoms with Crippen molar-refractivity contribution in [2.45, 2.75) is 13.1 Å². The highest BCUT2D eigenvalue weighted by molar-refractivity contribution is 6.01. The van der Waals surface area contributed by atoms with E-state index in [9.17, 15) is 4.79 Å². The highest BCUT2D eigenvalue weighted by atomic mass is 16.1. The van der Waals surface area contributed by atoms with Crippen LogP contribution in [-0.2, 0) is 13.1 Å². The van der Waals surface area contributed by atoms with E-state index in [1.54, 1.807) is 24.2 Å². The van der Waals surface area contributed by atoms with Crippen LogP contribution in [0.5, 0.6) is 0 Å². The monoisotopic (exact) mass is 343 g/mol. The van der Waals surface area contributed by atoms with E-state index in [1.165, 1.54) is 0 Å². The summed E-state index contributed by atoms with van der Waals surface area (Å²) >= 11 is 0. The third-order valence-electron chi connectivity index (χ3n) is 4.63. The van der Waals surface area contributed by atoms with Crippen molar-refractivity contribution in [3.8, 4) is 6.19 Å². The van der Waals surface area contributed by atoms with Gasteiger partial charge in [0.2, 0.25) is 0 Å². The molecule has 6 nitrogen and oxygen atoms in total. The summed E-state index contributed by atoms with van der Waals surface area (Å²) in [6, 6.07) is 13.5. The van der Waals surface area contributed by atoms with Crippen LogP contribution >= 0.6 is 0 Å². The Balaban J connectivity index is 1.72. The summed E-state index contributed by atoms with van der Waals surface area (Å²) in [7, 11) is 1.62. The van der Waals surface area contributed by atoms with Crippen molar-refractivity contribution in [3.05, 3.63) is 65.4 Å². The average molecular weight is 343 g/mol. The normalized spacial score (nSPS) is 12.5. The number of anilines is 2. The first-order valence-corrected chi connectivity index (χ1v) is 8.33. The lowest BCUT2D eigenvalue weighted by atomic mass is 10.1. The van der Waals surface area contributed by atoms with Gasteiger partial charge in [0.15, 0.2) is 6.19 Å². The number of pyridine rings is 1. The van der Waals surface area contributed by atoms with Gasteiger partial charge in [-0.05, 0) is 41.3 Å². The van der Waals surface area contributed by atoms with Crippen molar-refractivity contribution < 1.29 is 4.79 Å². The predicted molar refractivity (Wildman–Crippen MR) is 99.7 cm³/mol. The molecular weight excluding hydrogens is 326 g/mol. The molecule has 0 radical (unpaired) electrons. The van der Waals surface area contributed by atoms with Gasteiger partial charge in [0.1, 0.15) is 5.82 Å². The third-order valence-corrected chi connectivity index (χ3v) is 4.63. The minimum absolute atomic E-state index is 0.115. The highest BCUT2D eigenvalue weighted by Gasteiger charge is 2.21. The molecule has 0 atom stereocenters. The first-order valence-electron chi connectivity index (χ1n) is 8.33. The predicted octanol–water partition coefficient (Wildman–Crippen LogP) is 3.13. The lowest BCUT2D eigenvalue weighted by Gasteiger charge is -2.13. The molecule has 0 aliphatic carbocycles. The molecule has 128 valence electrons. The largest absolute Gasteiger partial charge is 0.355 e. The smallest absolute Gasteiger partial charge is 0.251 e. The fourth-order valence-electron chi connectivity index (χ4n) is 3.30. The molecule has 1 aromatic heterocycles. The summed E-state index contributed by atoms with van der Waals surface area (Å²) in [4.78, 5) is 18.0. The lowest BCUT2D eigenvalue weighted by Crippen LogP contribution is -2.17. The van der Waals surface area contributed by atoms with Crippen LogP contribution in [0.15, 0.2) is 48.7 Å². The number of amides is 1. The van der Waals surface area contributed by atoms with Gasteiger partial charge in [-0.15, -0.1) is 0 Å². The number of carbonyl (C=O) groups excluding carboxylic acids is 1. The maximum absolute atomic E-state index is 11.8. The van der Waals surface area contributed by atoms with E-state index in [-0.39, 0.29) is 5.91 Å². The molecule has 0 fully saturated rings. The Kier molecular flexibility index (Phi) is 3.90. The van der Waals surface area contributed by atoms with Crippen molar-refractivity contribution in [1.29, 1.82) is 5.26 Å². The van der Waals surface area contributed by atoms with Gasteiger partial charge in [-0.25, -0.2) is 4.98 Å². The Morgan fingerprint density at radius 3 is 2.92 bits per heavy atom. The summed E-state index contributed by atoms with van der Waals surface area (Å²) in [5.41, 5.74) is 3.84. The average Bonchev–Trinajstić information content (AvgIpc) is 3.11. The molecule has 1 aliphatic heterocycles. The molecule has 1 aliphatic rings. The topological polar surface area (TPSA) is 81.0 Å². The summed E-state index contributed by atoms with van der Waals surface area (Å²) < 4.78 is 0. The molecule has 6 heteroatoms. The van der Waals surface area contributed by atoms with Gasteiger partial charge in [0, 0.05) is 35.4 Å². The van der Waals surface area contributed by atoms with Crippen LogP contribution in [0.1, 0.15) is 21.5 Å². The molecule has 26 heavy (non-hydrogen) atoms.